The van der Waals surface area contributed by atoms with Crippen molar-refractivity contribution in [2.75, 3.05) is 0 Å². The molecule has 0 fully saturated rings. The summed E-state index contributed by atoms with van der Waals surface area (Å²) in [5, 5.41) is 0. The smallest absolute Gasteiger partial charge is 0.164 e. The van der Waals surface area contributed by atoms with E-state index in [2.05, 4.69) is 146 Å². The Morgan fingerprint density at radius 1 is 0.426 bits per heavy atom. The zero-order chi connectivity index (χ0) is 37.2. The average Bonchev–Trinajstić information content (AvgIpc) is 3.63. The van der Waals surface area contributed by atoms with Gasteiger partial charge in [0.1, 0.15) is 0 Å². The van der Waals surface area contributed by atoms with E-state index in [0.29, 0.717) is 17.5 Å². The van der Waals surface area contributed by atoms with E-state index in [0.717, 1.165) is 23.1 Å². The van der Waals surface area contributed by atoms with E-state index in [1.807, 2.05) is 36.4 Å². The first-order valence-corrected chi connectivity index (χ1v) is 19.3. The monoisotopic (exact) mass is 699 g/mol. The lowest BCUT2D eigenvalue weighted by atomic mass is 9.63. The molecule has 1 heterocycles. The Hall–Kier alpha value is -5.67. The van der Waals surface area contributed by atoms with Crippen molar-refractivity contribution in [1.82, 2.24) is 15.0 Å². The fourth-order valence-electron chi connectivity index (χ4n) is 9.92. The minimum Gasteiger partial charge on any atom is -0.208 e. The van der Waals surface area contributed by atoms with Crippen molar-refractivity contribution in [3.8, 4) is 56.4 Å². The summed E-state index contributed by atoms with van der Waals surface area (Å²) in [4.78, 5) is 15.4. The van der Waals surface area contributed by atoms with Crippen LogP contribution in [0.5, 0.6) is 0 Å². The molecular formula is C51H45N3. The number of benzene rings is 6. The largest absolute Gasteiger partial charge is 0.208 e. The predicted octanol–water partition coefficient (Wildman–Crippen LogP) is 12.5. The van der Waals surface area contributed by atoms with Crippen molar-refractivity contribution in [2.24, 2.45) is 0 Å². The molecule has 3 aliphatic rings. The number of rotatable bonds is 3. The van der Waals surface area contributed by atoms with Crippen LogP contribution < -0.4 is 0 Å². The molecule has 1 aromatic heterocycles. The molecule has 0 saturated carbocycles. The molecule has 264 valence electrons. The highest BCUT2D eigenvalue weighted by atomic mass is 15.0. The van der Waals surface area contributed by atoms with E-state index >= 15 is 0 Å². The Bertz CT molecular complexity index is 2560. The lowest BCUT2D eigenvalue weighted by Crippen LogP contribution is -2.33. The summed E-state index contributed by atoms with van der Waals surface area (Å²) in [6.07, 6.45) is 1.05. The normalized spacial score (nSPS) is 18.2. The standard InChI is InChI=1S/C51H45N3/c1-48(2,3)34-19-23-38-40-25-21-36-29-44(40)51(42(38)27-34)41-26-33(18-22-37(41)39-24-20-35(28-43(39)51)49(4,5)30-50(36,6)7)47-53-45(31-14-10-8-11-15-31)52-46(54-47)32-16-12-9-13-17-32/h8-29H,30H2,1-7H3. The van der Waals surface area contributed by atoms with Crippen molar-refractivity contribution in [3.63, 3.8) is 0 Å². The van der Waals surface area contributed by atoms with Crippen LogP contribution in [0.25, 0.3) is 56.4 Å². The van der Waals surface area contributed by atoms with Crippen LogP contribution in [-0.2, 0) is 21.7 Å². The van der Waals surface area contributed by atoms with Gasteiger partial charge in [0.2, 0.25) is 0 Å². The molecule has 0 saturated heterocycles. The highest BCUT2D eigenvalue weighted by Crippen LogP contribution is 2.64. The van der Waals surface area contributed by atoms with Gasteiger partial charge in [-0.3, -0.25) is 0 Å². The lowest BCUT2D eigenvalue weighted by molar-refractivity contribution is 0.348. The van der Waals surface area contributed by atoms with Crippen LogP contribution in [0.1, 0.15) is 93.8 Å². The molecule has 0 amide bonds. The summed E-state index contributed by atoms with van der Waals surface area (Å²) < 4.78 is 0. The van der Waals surface area contributed by atoms with E-state index in [9.17, 15) is 0 Å². The van der Waals surface area contributed by atoms with E-state index in [1.165, 1.54) is 61.2 Å². The highest BCUT2D eigenvalue weighted by Gasteiger charge is 2.53. The van der Waals surface area contributed by atoms with Crippen molar-refractivity contribution >= 4 is 0 Å². The van der Waals surface area contributed by atoms with Crippen LogP contribution in [0.3, 0.4) is 0 Å². The molecule has 10 rings (SSSR count). The summed E-state index contributed by atoms with van der Waals surface area (Å²) in [5.41, 5.74) is 17.2. The minimum atomic E-state index is -0.500. The minimum absolute atomic E-state index is 0.00785. The van der Waals surface area contributed by atoms with E-state index in [1.54, 1.807) is 0 Å². The molecule has 1 unspecified atom stereocenters. The zero-order valence-electron chi connectivity index (χ0n) is 32.3. The summed E-state index contributed by atoms with van der Waals surface area (Å²) in [5.74, 6) is 2.02. The van der Waals surface area contributed by atoms with Crippen LogP contribution in [0.15, 0.2) is 133 Å². The zero-order valence-corrected chi connectivity index (χ0v) is 32.3. The lowest BCUT2D eigenvalue weighted by Gasteiger charge is -2.39. The molecule has 3 heteroatoms. The molecule has 0 N–H and O–H groups in total. The van der Waals surface area contributed by atoms with Gasteiger partial charge in [-0.2, -0.15) is 0 Å². The molecule has 0 radical (unpaired) electrons. The topological polar surface area (TPSA) is 38.7 Å². The maximum Gasteiger partial charge on any atom is 0.164 e. The van der Waals surface area contributed by atoms with Gasteiger partial charge in [-0.15, -0.1) is 0 Å². The summed E-state index contributed by atoms with van der Waals surface area (Å²) in [6, 6.07) is 49.5. The van der Waals surface area contributed by atoms with Gasteiger partial charge in [0.05, 0.1) is 5.41 Å². The summed E-state index contributed by atoms with van der Waals surface area (Å²) in [7, 11) is 0. The fraction of sp³-hybridized carbons (Fsp3) is 0.235. The van der Waals surface area contributed by atoms with Crippen molar-refractivity contribution in [2.45, 2.75) is 76.5 Å². The molecule has 3 nitrogen and oxygen atoms in total. The van der Waals surface area contributed by atoms with Gasteiger partial charge in [-0.1, -0.05) is 176 Å². The van der Waals surface area contributed by atoms with Gasteiger partial charge >= 0.3 is 0 Å². The number of hydrogen-bond donors (Lipinski definition) is 0. The van der Waals surface area contributed by atoms with Gasteiger partial charge in [0, 0.05) is 16.7 Å². The van der Waals surface area contributed by atoms with Crippen LogP contribution in [0.4, 0.5) is 0 Å². The molecule has 54 heavy (non-hydrogen) atoms. The molecule has 3 aliphatic carbocycles. The molecule has 0 aliphatic heterocycles. The van der Waals surface area contributed by atoms with Crippen LogP contribution in [-0.4, -0.2) is 15.0 Å². The van der Waals surface area contributed by atoms with Gasteiger partial charge in [0.15, 0.2) is 17.5 Å². The summed E-state index contributed by atoms with van der Waals surface area (Å²) in [6.45, 7) is 16.7. The number of nitrogens with zero attached hydrogens (tertiary/aromatic N) is 3. The first-order valence-electron chi connectivity index (χ1n) is 19.3. The van der Waals surface area contributed by atoms with Crippen LogP contribution in [0.2, 0.25) is 0 Å². The van der Waals surface area contributed by atoms with E-state index in [-0.39, 0.29) is 16.2 Å². The second-order valence-electron chi connectivity index (χ2n) is 18.0. The van der Waals surface area contributed by atoms with Crippen molar-refractivity contribution in [3.05, 3.63) is 172 Å². The maximum atomic E-state index is 5.19. The fourth-order valence-corrected chi connectivity index (χ4v) is 9.92. The third-order valence-electron chi connectivity index (χ3n) is 12.5. The van der Waals surface area contributed by atoms with Crippen LogP contribution in [0, 0.1) is 0 Å². The number of hydrogen-bond acceptors (Lipinski definition) is 3. The van der Waals surface area contributed by atoms with E-state index in [4.69, 9.17) is 15.0 Å². The van der Waals surface area contributed by atoms with Gasteiger partial charge in [-0.05, 0) is 89.9 Å². The number of fused-ring (bicyclic) bond motifs is 6. The average molecular weight is 700 g/mol. The van der Waals surface area contributed by atoms with Gasteiger partial charge < -0.3 is 0 Å². The molecule has 1 atom stereocenters. The van der Waals surface area contributed by atoms with Gasteiger partial charge in [0.25, 0.3) is 0 Å². The third kappa shape index (κ3) is 4.70. The highest BCUT2D eigenvalue weighted by molar-refractivity contribution is 5.96. The predicted molar refractivity (Wildman–Crippen MR) is 222 cm³/mol. The SMILES string of the molecule is CC(C)(C)c1ccc2c(c1)C13c4cc(-c5nc(-c6ccccc6)nc(-c6ccccc6)n5)ccc4-c4ccc(cc41)C(C)(C)CC(C)(C)c1ccc-2c3c1. The molecule has 1 spiro atoms. The van der Waals surface area contributed by atoms with Gasteiger partial charge in [-0.25, -0.2) is 15.0 Å². The molecular weight excluding hydrogens is 655 g/mol. The Morgan fingerprint density at radius 2 is 0.833 bits per heavy atom. The second-order valence-corrected chi connectivity index (χ2v) is 18.0. The van der Waals surface area contributed by atoms with E-state index < -0.39 is 5.41 Å². The van der Waals surface area contributed by atoms with Crippen molar-refractivity contribution < 1.29 is 0 Å². The first kappa shape index (κ1) is 32.9. The third-order valence-corrected chi connectivity index (χ3v) is 12.5. The Morgan fingerprint density at radius 3 is 1.31 bits per heavy atom. The molecule has 6 aromatic carbocycles. The quantitative estimate of drug-likeness (QED) is 0.184. The Balaban J connectivity index is 1.30. The summed E-state index contributed by atoms with van der Waals surface area (Å²) >= 11 is 0. The second kappa shape index (κ2) is 11.2. The molecule has 4 bridgehead atoms. The maximum absolute atomic E-state index is 5.19. The molecule has 7 aromatic rings. The van der Waals surface area contributed by atoms with Crippen LogP contribution >= 0.6 is 0 Å². The van der Waals surface area contributed by atoms with Crippen molar-refractivity contribution in [1.29, 1.82) is 0 Å². The Labute approximate surface area is 319 Å². The Kier molecular flexibility index (Phi) is 6.82. The number of aromatic nitrogens is 3. The first-order chi connectivity index (χ1) is 25.8.